The zero-order valence-corrected chi connectivity index (χ0v) is 17.5. The molecule has 0 N–H and O–H groups in total. The molecular formula is C26H40O. The Morgan fingerprint density at radius 2 is 1.56 bits per heavy atom. The highest BCUT2D eigenvalue weighted by Crippen LogP contribution is 2.44. The Bertz CT molecular complexity index is 530. The van der Waals surface area contributed by atoms with Gasteiger partial charge in [0.1, 0.15) is 0 Å². The van der Waals surface area contributed by atoms with Gasteiger partial charge in [0.05, 0.1) is 6.61 Å². The van der Waals surface area contributed by atoms with Gasteiger partial charge in [0, 0.05) is 6.61 Å². The summed E-state index contributed by atoms with van der Waals surface area (Å²) in [5, 5.41) is 0. The molecule has 27 heavy (non-hydrogen) atoms. The van der Waals surface area contributed by atoms with E-state index >= 15 is 0 Å². The molecule has 0 saturated heterocycles. The Morgan fingerprint density at radius 1 is 0.926 bits per heavy atom. The van der Waals surface area contributed by atoms with E-state index in [0.29, 0.717) is 0 Å². The first-order chi connectivity index (χ1) is 13.3. The summed E-state index contributed by atoms with van der Waals surface area (Å²) >= 11 is 0. The second-order valence-electron chi connectivity index (χ2n) is 9.06. The summed E-state index contributed by atoms with van der Waals surface area (Å²) in [5.74, 6) is 3.72. The lowest BCUT2D eigenvalue weighted by Crippen LogP contribution is -2.25. The maximum absolute atomic E-state index is 5.74. The van der Waals surface area contributed by atoms with Gasteiger partial charge in [0.2, 0.25) is 0 Å². The highest BCUT2D eigenvalue weighted by atomic mass is 16.5. The van der Waals surface area contributed by atoms with E-state index in [1.807, 2.05) is 0 Å². The molecule has 0 atom stereocenters. The molecule has 1 heteroatoms. The zero-order chi connectivity index (χ0) is 18.9. The molecule has 2 aliphatic carbocycles. The third kappa shape index (κ3) is 6.21. The van der Waals surface area contributed by atoms with Crippen molar-refractivity contribution in [2.45, 2.75) is 90.1 Å². The quantitative estimate of drug-likeness (QED) is 0.321. The minimum atomic E-state index is 0.765. The van der Waals surface area contributed by atoms with Gasteiger partial charge in [0.15, 0.2) is 0 Å². The molecule has 0 aliphatic heterocycles. The average molecular weight is 369 g/mol. The number of rotatable bonds is 9. The number of allylic oxidation sites excluding steroid dienone is 1. The maximum Gasteiger partial charge on any atom is 0.0716 e. The lowest BCUT2D eigenvalue weighted by molar-refractivity contribution is 0.118. The third-order valence-corrected chi connectivity index (χ3v) is 7.19. The van der Waals surface area contributed by atoms with Crippen molar-refractivity contribution in [1.82, 2.24) is 0 Å². The van der Waals surface area contributed by atoms with Crippen molar-refractivity contribution in [3.63, 3.8) is 0 Å². The highest BCUT2D eigenvalue weighted by molar-refractivity contribution is 5.25. The molecule has 2 aliphatic rings. The third-order valence-electron chi connectivity index (χ3n) is 7.19. The molecule has 0 amide bonds. The Morgan fingerprint density at radius 3 is 2.15 bits per heavy atom. The van der Waals surface area contributed by atoms with Gasteiger partial charge in [-0.3, -0.25) is 0 Å². The summed E-state index contributed by atoms with van der Waals surface area (Å²) in [5.41, 5.74) is 2.88. The first kappa shape index (κ1) is 20.6. The smallest absolute Gasteiger partial charge is 0.0716 e. The largest absolute Gasteiger partial charge is 0.377 e. The molecule has 150 valence electrons. The molecule has 0 radical (unpaired) electrons. The number of ether oxygens (including phenoxy) is 1. The molecule has 0 bridgehead atoms. The lowest BCUT2D eigenvalue weighted by atomic mass is 9.68. The monoisotopic (exact) mass is 368 g/mol. The van der Waals surface area contributed by atoms with Gasteiger partial charge in [-0.05, 0) is 99.0 Å². The Hall–Kier alpha value is -1.08. The van der Waals surface area contributed by atoms with Crippen molar-refractivity contribution in [3.05, 3.63) is 48.0 Å². The van der Waals surface area contributed by atoms with Crippen LogP contribution < -0.4 is 0 Å². The van der Waals surface area contributed by atoms with Crippen LogP contribution >= 0.6 is 0 Å². The first-order valence-electron chi connectivity index (χ1n) is 11.6. The normalized spacial score (nSPS) is 28.8. The van der Waals surface area contributed by atoms with E-state index in [1.54, 1.807) is 5.56 Å². The van der Waals surface area contributed by atoms with Crippen LogP contribution in [0, 0.1) is 17.8 Å². The van der Waals surface area contributed by atoms with Crippen LogP contribution in [0.1, 0.15) is 94.6 Å². The summed E-state index contributed by atoms with van der Waals surface area (Å²) in [7, 11) is 0. The van der Waals surface area contributed by atoms with Crippen LogP contribution in [0.3, 0.4) is 0 Å². The van der Waals surface area contributed by atoms with Crippen LogP contribution in [0.5, 0.6) is 0 Å². The molecule has 0 unspecified atom stereocenters. The van der Waals surface area contributed by atoms with Gasteiger partial charge in [-0.25, -0.2) is 0 Å². The van der Waals surface area contributed by atoms with E-state index in [4.69, 9.17) is 4.74 Å². The molecule has 1 aromatic carbocycles. The molecule has 2 saturated carbocycles. The standard InChI is InChI=1S/C26H40O/c1-3-5-19-27-20-22-9-13-24(14-10-22)26-17-15-25(16-18-26)23-11-7-21(6-4-2)8-12-23/h4,9-10,13-14,21,23,25-26H,2-3,5-8,11-12,15-20H2,1H3/t21-,23-,25-,26-. The number of hydrogen-bond donors (Lipinski definition) is 0. The number of hydrogen-bond acceptors (Lipinski definition) is 1. The maximum atomic E-state index is 5.74. The van der Waals surface area contributed by atoms with Crippen LogP contribution in [-0.4, -0.2) is 6.61 Å². The fraction of sp³-hybridized carbons (Fsp3) is 0.692. The van der Waals surface area contributed by atoms with Gasteiger partial charge in [-0.1, -0.05) is 43.7 Å². The van der Waals surface area contributed by atoms with Gasteiger partial charge in [0.25, 0.3) is 0 Å². The Kier molecular flexibility index (Phi) is 8.45. The van der Waals surface area contributed by atoms with E-state index in [1.165, 1.54) is 69.8 Å². The van der Waals surface area contributed by atoms with Crippen LogP contribution in [0.15, 0.2) is 36.9 Å². The average Bonchev–Trinajstić information content (AvgIpc) is 2.73. The van der Waals surface area contributed by atoms with Gasteiger partial charge >= 0.3 is 0 Å². The van der Waals surface area contributed by atoms with E-state index in [-0.39, 0.29) is 0 Å². The van der Waals surface area contributed by atoms with Gasteiger partial charge in [-0.2, -0.15) is 0 Å². The van der Waals surface area contributed by atoms with Gasteiger partial charge < -0.3 is 4.74 Å². The number of unbranched alkanes of at least 4 members (excludes halogenated alkanes) is 1. The molecule has 2 fully saturated rings. The van der Waals surface area contributed by atoms with Crippen LogP contribution in [0.4, 0.5) is 0 Å². The Balaban J connectivity index is 1.40. The minimum Gasteiger partial charge on any atom is -0.377 e. The Labute approximate surface area is 167 Å². The van der Waals surface area contributed by atoms with Crippen molar-refractivity contribution < 1.29 is 4.74 Å². The lowest BCUT2D eigenvalue weighted by Gasteiger charge is -2.38. The summed E-state index contributed by atoms with van der Waals surface area (Å²) in [6, 6.07) is 9.30. The molecule has 1 aromatic rings. The van der Waals surface area contributed by atoms with Crippen molar-refractivity contribution in [3.8, 4) is 0 Å². The molecule has 0 heterocycles. The summed E-state index contributed by atoms with van der Waals surface area (Å²) in [6.07, 6.45) is 17.2. The predicted molar refractivity (Wildman–Crippen MR) is 116 cm³/mol. The SMILES string of the molecule is C=CC[C@H]1CC[C@H]([C@H]2CC[C@H](c3ccc(COCCCC)cc3)CC2)CC1. The summed E-state index contributed by atoms with van der Waals surface area (Å²) in [4.78, 5) is 0. The van der Waals surface area contributed by atoms with Crippen LogP contribution in [0.2, 0.25) is 0 Å². The fourth-order valence-electron chi connectivity index (χ4n) is 5.38. The van der Waals surface area contributed by atoms with Crippen LogP contribution in [0.25, 0.3) is 0 Å². The fourth-order valence-corrected chi connectivity index (χ4v) is 5.38. The molecular weight excluding hydrogens is 328 g/mol. The van der Waals surface area contributed by atoms with E-state index in [2.05, 4.69) is 43.8 Å². The highest BCUT2D eigenvalue weighted by Gasteiger charge is 2.30. The van der Waals surface area contributed by atoms with E-state index in [0.717, 1.165) is 43.3 Å². The topological polar surface area (TPSA) is 9.23 Å². The van der Waals surface area contributed by atoms with E-state index < -0.39 is 0 Å². The van der Waals surface area contributed by atoms with Crippen molar-refractivity contribution in [1.29, 1.82) is 0 Å². The molecule has 0 spiro atoms. The molecule has 3 rings (SSSR count). The van der Waals surface area contributed by atoms with Crippen molar-refractivity contribution in [2.75, 3.05) is 6.61 Å². The summed E-state index contributed by atoms with van der Waals surface area (Å²) < 4.78 is 5.74. The zero-order valence-electron chi connectivity index (χ0n) is 17.5. The second kappa shape index (κ2) is 11.1. The summed E-state index contributed by atoms with van der Waals surface area (Å²) in [6.45, 7) is 7.78. The van der Waals surface area contributed by atoms with Crippen LogP contribution in [-0.2, 0) is 11.3 Å². The molecule has 1 nitrogen and oxygen atoms in total. The van der Waals surface area contributed by atoms with Crippen molar-refractivity contribution in [2.24, 2.45) is 17.8 Å². The number of benzene rings is 1. The minimum absolute atomic E-state index is 0.765. The predicted octanol–water partition coefficient (Wildman–Crippen LogP) is 7.66. The van der Waals surface area contributed by atoms with E-state index in [9.17, 15) is 0 Å². The first-order valence-corrected chi connectivity index (χ1v) is 11.6. The van der Waals surface area contributed by atoms with Gasteiger partial charge in [-0.15, -0.1) is 6.58 Å². The molecule has 0 aromatic heterocycles. The second-order valence-corrected chi connectivity index (χ2v) is 9.06. The van der Waals surface area contributed by atoms with Crippen molar-refractivity contribution >= 4 is 0 Å².